The van der Waals surface area contributed by atoms with Crippen molar-refractivity contribution < 1.29 is 9.57 Å². The number of aromatic nitrogens is 4. The first-order valence-corrected chi connectivity index (χ1v) is 13.6. The summed E-state index contributed by atoms with van der Waals surface area (Å²) in [5.74, 6) is 0. The lowest BCUT2D eigenvalue weighted by Crippen LogP contribution is -2.25. The van der Waals surface area contributed by atoms with Crippen LogP contribution in [0.3, 0.4) is 0 Å². The van der Waals surface area contributed by atoms with Gasteiger partial charge in [0.2, 0.25) is 0 Å². The van der Waals surface area contributed by atoms with Crippen LogP contribution in [-0.2, 0) is 4.74 Å². The van der Waals surface area contributed by atoms with Gasteiger partial charge in [0, 0.05) is 45.1 Å². The van der Waals surface area contributed by atoms with E-state index in [1.165, 1.54) is 0 Å². The molecule has 3 heterocycles. The van der Waals surface area contributed by atoms with Crippen LogP contribution in [0.25, 0.3) is 22.2 Å². The Kier molecular flexibility index (Phi) is 6.25. The minimum Gasteiger partial charge on any atom is -0.412 e. The van der Waals surface area contributed by atoms with Crippen LogP contribution in [0.2, 0.25) is 25.7 Å². The molecule has 0 aliphatic carbocycles. The third-order valence-corrected chi connectivity index (χ3v) is 6.72. The summed E-state index contributed by atoms with van der Waals surface area (Å²) in [4.78, 5) is 10.7. The number of methoxy groups -OCH3 is 1. The largest absolute Gasteiger partial charge is 0.412 e. The van der Waals surface area contributed by atoms with Crippen molar-refractivity contribution in [1.82, 2.24) is 19.5 Å². The Bertz CT molecular complexity index is 926. The van der Waals surface area contributed by atoms with E-state index in [4.69, 9.17) is 9.57 Å². The zero-order chi connectivity index (χ0) is 20.3. The van der Waals surface area contributed by atoms with Gasteiger partial charge in [-0.15, -0.1) is 0 Å². The summed E-state index contributed by atoms with van der Waals surface area (Å²) in [5.41, 5.74) is 4.15. The smallest absolute Gasteiger partial charge is 0.176 e. The first-order valence-electron chi connectivity index (χ1n) is 9.94. The van der Waals surface area contributed by atoms with Crippen molar-refractivity contribution in [1.29, 1.82) is 0 Å². The average Bonchev–Trinajstić information content (AvgIpc) is 3.24. The Morgan fingerprint density at radius 2 is 2.00 bits per heavy atom. The molecule has 0 aliphatic heterocycles. The highest BCUT2D eigenvalue weighted by Crippen LogP contribution is 2.30. The van der Waals surface area contributed by atoms with Crippen LogP contribution in [0, 0.1) is 6.92 Å². The monoisotopic (exact) mass is 400 g/mol. The Labute approximate surface area is 168 Å². The number of pyridine rings is 1. The van der Waals surface area contributed by atoms with Crippen molar-refractivity contribution in [2.24, 2.45) is 0 Å². The number of rotatable bonds is 9. The second-order valence-electron chi connectivity index (χ2n) is 8.66. The Hall–Kier alpha value is -2.12. The van der Waals surface area contributed by atoms with Crippen LogP contribution in [-0.4, -0.2) is 47.9 Å². The molecule has 1 atom stereocenters. The molecular formula is C21H32N4O2Si. The number of nitrogens with zero attached hydrogens (tertiary/aromatic N) is 4. The first-order chi connectivity index (χ1) is 13.3. The Morgan fingerprint density at radius 1 is 1.21 bits per heavy atom. The van der Waals surface area contributed by atoms with Crippen LogP contribution < -0.4 is 4.84 Å². The van der Waals surface area contributed by atoms with Crippen LogP contribution in [0.15, 0.2) is 30.7 Å². The van der Waals surface area contributed by atoms with Crippen LogP contribution in [0.5, 0.6) is 0 Å². The fourth-order valence-corrected chi connectivity index (χ4v) is 3.90. The van der Waals surface area contributed by atoms with E-state index in [0.29, 0.717) is 6.04 Å². The molecular weight excluding hydrogens is 368 g/mol. The minimum atomic E-state index is -1.14. The summed E-state index contributed by atoms with van der Waals surface area (Å²) in [6, 6.07) is 5.62. The fraction of sp³-hybridized carbons (Fsp3) is 0.524. The zero-order valence-electron chi connectivity index (χ0n) is 17.9. The van der Waals surface area contributed by atoms with Gasteiger partial charge in [-0.25, -0.2) is 4.98 Å². The van der Waals surface area contributed by atoms with Gasteiger partial charge in [-0.05, 0) is 44.0 Å². The third-order valence-electron chi connectivity index (χ3n) is 5.01. The summed E-state index contributed by atoms with van der Waals surface area (Å²) in [6.07, 6.45) is 6.82. The SMILES string of the molecule is COCCC(C)n1cc(-c2ccnc3c2cc(C)n3OCC[Si](C)(C)C)cn1. The summed E-state index contributed by atoms with van der Waals surface area (Å²) in [7, 11) is 0.594. The molecule has 0 N–H and O–H groups in total. The highest BCUT2D eigenvalue weighted by Gasteiger charge is 2.17. The predicted octanol–water partition coefficient (Wildman–Crippen LogP) is 4.57. The zero-order valence-corrected chi connectivity index (χ0v) is 18.9. The van der Waals surface area contributed by atoms with Crippen molar-refractivity contribution in [2.45, 2.75) is 52.0 Å². The quantitative estimate of drug-likeness (QED) is 0.494. The van der Waals surface area contributed by atoms with Crippen molar-refractivity contribution in [3.8, 4) is 11.1 Å². The van der Waals surface area contributed by atoms with Gasteiger partial charge in [0.15, 0.2) is 5.65 Å². The molecule has 0 amide bonds. The average molecular weight is 401 g/mol. The Morgan fingerprint density at radius 3 is 2.71 bits per heavy atom. The molecule has 7 heteroatoms. The molecule has 0 aromatic carbocycles. The molecule has 0 spiro atoms. The summed E-state index contributed by atoms with van der Waals surface area (Å²) >= 11 is 0. The maximum atomic E-state index is 6.10. The highest BCUT2D eigenvalue weighted by atomic mass is 28.3. The van der Waals surface area contributed by atoms with Gasteiger partial charge in [-0.2, -0.15) is 9.83 Å². The standard InChI is InChI=1S/C21H32N4O2Si/c1-16(8-10-26-3)24-15-18(14-23-24)19-7-9-22-21-20(19)13-17(2)25(21)27-11-12-28(4,5)6/h7,9,13-16H,8,10-12H2,1-6H3. The van der Waals surface area contributed by atoms with E-state index >= 15 is 0 Å². The van der Waals surface area contributed by atoms with Crippen molar-refractivity contribution in [3.05, 3.63) is 36.4 Å². The maximum absolute atomic E-state index is 6.10. The normalized spacial score (nSPS) is 13.2. The minimum absolute atomic E-state index is 0.294. The molecule has 28 heavy (non-hydrogen) atoms. The van der Waals surface area contributed by atoms with Crippen LogP contribution >= 0.6 is 0 Å². The number of fused-ring (bicyclic) bond motifs is 1. The van der Waals surface area contributed by atoms with Gasteiger partial charge >= 0.3 is 0 Å². The molecule has 0 bridgehead atoms. The van der Waals surface area contributed by atoms with E-state index in [-0.39, 0.29) is 0 Å². The van der Waals surface area contributed by atoms with Gasteiger partial charge in [0.25, 0.3) is 0 Å². The molecule has 0 saturated carbocycles. The molecule has 3 aromatic heterocycles. The molecule has 0 saturated heterocycles. The molecule has 3 rings (SSSR count). The molecule has 1 unspecified atom stereocenters. The second-order valence-corrected chi connectivity index (χ2v) is 14.3. The molecule has 3 aromatic rings. The highest BCUT2D eigenvalue weighted by molar-refractivity contribution is 6.76. The van der Waals surface area contributed by atoms with Gasteiger partial charge in [-0.1, -0.05) is 19.6 Å². The van der Waals surface area contributed by atoms with E-state index in [1.807, 2.05) is 21.8 Å². The summed E-state index contributed by atoms with van der Waals surface area (Å²) in [5, 5.41) is 5.66. The second kappa shape index (κ2) is 8.49. The Balaban J connectivity index is 1.87. The molecule has 6 nitrogen and oxygen atoms in total. The number of hydrogen-bond acceptors (Lipinski definition) is 4. The van der Waals surface area contributed by atoms with Gasteiger partial charge in [0.1, 0.15) is 6.61 Å². The van der Waals surface area contributed by atoms with E-state index in [2.05, 4.69) is 61.9 Å². The van der Waals surface area contributed by atoms with Gasteiger partial charge < -0.3 is 9.57 Å². The van der Waals surface area contributed by atoms with E-state index in [9.17, 15) is 0 Å². The van der Waals surface area contributed by atoms with Gasteiger partial charge in [-0.3, -0.25) is 4.68 Å². The van der Waals surface area contributed by atoms with E-state index in [1.54, 1.807) is 7.11 Å². The van der Waals surface area contributed by atoms with Crippen molar-refractivity contribution in [2.75, 3.05) is 20.3 Å². The third kappa shape index (κ3) is 4.64. The number of hydrogen-bond donors (Lipinski definition) is 0. The van der Waals surface area contributed by atoms with Crippen molar-refractivity contribution in [3.63, 3.8) is 0 Å². The number of aryl methyl sites for hydroxylation is 1. The van der Waals surface area contributed by atoms with Crippen LogP contribution in [0.4, 0.5) is 0 Å². The molecule has 0 radical (unpaired) electrons. The summed E-state index contributed by atoms with van der Waals surface area (Å²) in [6.45, 7) is 12.8. The fourth-order valence-electron chi connectivity index (χ4n) is 3.20. The molecule has 0 aliphatic rings. The predicted molar refractivity (Wildman–Crippen MR) is 116 cm³/mol. The van der Waals surface area contributed by atoms with Crippen molar-refractivity contribution >= 4 is 19.1 Å². The van der Waals surface area contributed by atoms with Gasteiger partial charge in [0.05, 0.1) is 17.9 Å². The first kappa shape index (κ1) is 20.6. The molecule has 152 valence electrons. The van der Waals surface area contributed by atoms with E-state index < -0.39 is 8.07 Å². The lowest BCUT2D eigenvalue weighted by Gasteiger charge is -2.17. The topological polar surface area (TPSA) is 54.1 Å². The summed E-state index contributed by atoms with van der Waals surface area (Å²) < 4.78 is 9.08. The van der Waals surface area contributed by atoms with Crippen LogP contribution in [0.1, 0.15) is 25.1 Å². The number of ether oxygens (including phenoxy) is 1. The van der Waals surface area contributed by atoms with E-state index in [0.717, 1.165) is 53.5 Å². The molecule has 0 fully saturated rings. The lowest BCUT2D eigenvalue weighted by molar-refractivity contribution is 0.126. The lowest BCUT2D eigenvalue weighted by atomic mass is 10.1. The maximum Gasteiger partial charge on any atom is 0.176 e.